The van der Waals surface area contributed by atoms with Crippen LogP contribution in [0.1, 0.15) is 52.4 Å². The lowest BCUT2D eigenvalue weighted by molar-refractivity contribution is -0.120. The highest BCUT2D eigenvalue weighted by Crippen LogP contribution is 2.58. The third-order valence-electron chi connectivity index (χ3n) is 9.46. The molecule has 4 aliphatic heterocycles. The smallest absolute Gasteiger partial charge is 0.231 e. The summed E-state index contributed by atoms with van der Waals surface area (Å²) in [5, 5.41) is 13.9. The second-order valence-electron chi connectivity index (χ2n) is 11.8. The van der Waals surface area contributed by atoms with Crippen molar-refractivity contribution in [1.82, 2.24) is 15.1 Å². The molecule has 1 fully saturated rings. The third kappa shape index (κ3) is 4.55. The van der Waals surface area contributed by atoms with Gasteiger partial charge in [0.15, 0.2) is 29.8 Å². The predicted octanol–water partition coefficient (Wildman–Crippen LogP) is 3.50. The maximum Gasteiger partial charge on any atom is 0.231 e. The predicted molar refractivity (Wildman–Crippen MR) is 161 cm³/mol. The molecule has 4 aliphatic rings. The molecule has 1 N–H and O–H groups in total. The number of piperazine rings is 1. The Labute approximate surface area is 258 Å². The van der Waals surface area contributed by atoms with E-state index in [2.05, 4.69) is 40.9 Å². The molecule has 0 aromatic heterocycles. The first kappa shape index (κ1) is 30.1. The van der Waals surface area contributed by atoms with Crippen LogP contribution in [-0.2, 0) is 22.4 Å². The third-order valence-corrected chi connectivity index (χ3v) is 9.46. The molecule has 4 heterocycles. The summed E-state index contributed by atoms with van der Waals surface area (Å²) < 4.78 is 35.9. The molecule has 1 unspecified atom stereocenters. The van der Waals surface area contributed by atoms with E-state index in [9.17, 15) is 10.1 Å². The molecular weight excluding hydrogens is 564 g/mol. The summed E-state index contributed by atoms with van der Waals surface area (Å²) in [7, 11) is 5.33. The van der Waals surface area contributed by atoms with E-state index < -0.39 is 6.04 Å². The molecule has 5 atom stereocenters. The van der Waals surface area contributed by atoms with Crippen LogP contribution in [0.15, 0.2) is 18.7 Å². The normalized spacial score (nSPS) is 24.8. The van der Waals surface area contributed by atoms with Gasteiger partial charge in [-0.25, -0.2) is 0 Å². The Bertz CT molecular complexity index is 1540. The highest BCUT2D eigenvalue weighted by molar-refractivity contribution is 5.73. The summed E-state index contributed by atoms with van der Waals surface area (Å²) in [6.07, 6.45) is 2.93. The molecule has 0 spiro atoms. The van der Waals surface area contributed by atoms with Crippen molar-refractivity contribution in [1.29, 1.82) is 5.26 Å². The largest absolute Gasteiger partial charge is 0.493 e. The summed E-state index contributed by atoms with van der Waals surface area (Å²) in [6.45, 7) is 10.1. The number of amides is 1. The van der Waals surface area contributed by atoms with Crippen molar-refractivity contribution in [2.75, 3.05) is 48.0 Å². The lowest BCUT2D eigenvalue weighted by atomic mass is 9.71. The number of benzene rings is 2. The van der Waals surface area contributed by atoms with Gasteiger partial charge in [0.25, 0.3) is 0 Å². The maximum atomic E-state index is 12.3. The number of ether oxygens (including phenoxy) is 6. The van der Waals surface area contributed by atoms with Crippen molar-refractivity contribution in [3.05, 3.63) is 52.1 Å². The van der Waals surface area contributed by atoms with Gasteiger partial charge in [0, 0.05) is 54.9 Å². The zero-order valence-corrected chi connectivity index (χ0v) is 26.2. The van der Waals surface area contributed by atoms with Crippen LogP contribution in [0.4, 0.5) is 0 Å². The van der Waals surface area contributed by atoms with Crippen molar-refractivity contribution in [3.8, 4) is 34.8 Å². The minimum Gasteiger partial charge on any atom is -0.493 e. The molecule has 1 amide bonds. The van der Waals surface area contributed by atoms with E-state index in [4.69, 9.17) is 28.4 Å². The minimum absolute atomic E-state index is 0.0670. The zero-order valence-electron chi connectivity index (χ0n) is 26.2. The van der Waals surface area contributed by atoms with E-state index in [1.54, 1.807) is 20.3 Å². The van der Waals surface area contributed by atoms with Gasteiger partial charge in [-0.1, -0.05) is 18.7 Å². The number of hydrogen-bond acceptors (Lipinski definition) is 10. The number of fused-ring (bicyclic) bond motifs is 9. The van der Waals surface area contributed by atoms with Gasteiger partial charge >= 0.3 is 0 Å². The topological polar surface area (TPSA) is 115 Å². The van der Waals surface area contributed by atoms with Gasteiger partial charge in [-0.05, 0) is 44.9 Å². The summed E-state index contributed by atoms with van der Waals surface area (Å²) >= 11 is 0. The SMILES string of the molecule is C=CCOc1c(C)c2c(c3c1CC1[C@@H]4c5c(cc(C)c(OC)c5OCOC)C[C@H]([C@H](C#N)N1[C@H]3CNC(C)=O)N4C)OCO2. The molecule has 0 aliphatic carbocycles. The minimum atomic E-state index is -0.469. The first-order chi connectivity index (χ1) is 21.3. The summed E-state index contributed by atoms with van der Waals surface area (Å²) in [5.74, 6) is 3.19. The summed E-state index contributed by atoms with van der Waals surface area (Å²) in [6, 6.07) is 3.52. The molecule has 0 radical (unpaired) electrons. The van der Waals surface area contributed by atoms with Crippen LogP contribution in [0.5, 0.6) is 28.7 Å². The molecule has 6 rings (SSSR count). The molecule has 44 heavy (non-hydrogen) atoms. The molecular formula is C33H40N4O7. The Hall–Kier alpha value is -3.98. The van der Waals surface area contributed by atoms with Crippen LogP contribution in [0.3, 0.4) is 0 Å². The first-order valence-corrected chi connectivity index (χ1v) is 14.9. The molecule has 2 bridgehead atoms. The molecule has 11 heteroatoms. The van der Waals surface area contributed by atoms with E-state index in [1.807, 2.05) is 13.8 Å². The molecule has 234 valence electrons. The standard InChI is InChI=1S/C33H40N4O7/c1-8-9-41-30-18(3)31-33(44-16-43-31)27-21(30)12-23-28-26-20(10-17(2)29(40-7)32(26)42-15-39-6)11-22(36(28)5)24(13-34)37(23)25(27)14-35-19(4)38/h8,10,22-25,28H,1,9,11-12,14-16H2,2-7H3,(H,35,38)/t22-,23?,24+,25+,28-/m1/s1. The number of nitrogens with zero attached hydrogens (tertiary/aromatic N) is 3. The number of likely N-dealkylation sites (N-methyl/N-ethyl adjacent to an activating group) is 1. The Morgan fingerprint density at radius 3 is 2.59 bits per heavy atom. The summed E-state index contributed by atoms with van der Waals surface area (Å²) in [5.41, 5.74) is 5.87. The van der Waals surface area contributed by atoms with Crippen LogP contribution < -0.4 is 29.0 Å². The highest BCUT2D eigenvalue weighted by Gasteiger charge is 2.57. The zero-order chi connectivity index (χ0) is 31.3. The van der Waals surface area contributed by atoms with Crippen molar-refractivity contribution in [2.24, 2.45) is 0 Å². The fourth-order valence-electron chi connectivity index (χ4n) is 7.84. The number of methoxy groups -OCH3 is 2. The monoisotopic (exact) mass is 604 g/mol. The van der Waals surface area contributed by atoms with Gasteiger partial charge in [0.1, 0.15) is 18.4 Å². The van der Waals surface area contributed by atoms with Crippen molar-refractivity contribution in [2.45, 2.75) is 63.8 Å². The molecule has 1 saturated heterocycles. The van der Waals surface area contributed by atoms with Gasteiger partial charge in [-0.3, -0.25) is 14.6 Å². The van der Waals surface area contributed by atoms with Crippen molar-refractivity contribution >= 4 is 5.91 Å². The van der Waals surface area contributed by atoms with Crippen LogP contribution in [0.2, 0.25) is 0 Å². The Morgan fingerprint density at radius 2 is 1.91 bits per heavy atom. The van der Waals surface area contributed by atoms with Crippen LogP contribution in [-0.4, -0.2) is 81.8 Å². The second kappa shape index (κ2) is 11.8. The lowest BCUT2D eigenvalue weighted by Crippen LogP contribution is -2.68. The van der Waals surface area contributed by atoms with Crippen molar-refractivity contribution in [3.63, 3.8) is 0 Å². The Balaban J connectivity index is 1.61. The lowest BCUT2D eigenvalue weighted by Gasteiger charge is -2.60. The quantitative estimate of drug-likeness (QED) is 0.337. The van der Waals surface area contributed by atoms with E-state index in [0.29, 0.717) is 42.4 Å². The molecule has 0 saturated carbocycles. The van der Waals surface area contributed by atoms with Crippen LogP contribution >= 0.6 is 0 Å². The van der Waals surface area contributed by atoms with Crippen molar-refractivity contribution < 1.29 is 33.2 Å². The van der Waals surface area contributed by atoms with Gasteiger partial charge < -0.3 is 33.7 Å². The summed E-state index contributed by atoms with van der Waals surface area (Å²) in [4.78, 5) is 16.9. The van der Waals surface area contributed by atoms with Gasteiger partial charge in [0.2, 0.25) is 12.7 Å². The number of aryl methyl sites for hydroxylation is 1. The highest BCUT2D eigenvalue weighted by atomic mass is 16.7. The number of carbonyl (C=O) groups excluding carboxylic acids is 1. The second-order valence-corrected chi connectivity index (χ2v) is 11.8. The Morgan fingerprint density at radius 1 is 1.14 bits per heavy atom. The fourth-order valence-corrected chi connectivity index (χ4v) is 7.84. The van der Waals surface area contributed by atoms with Crippen LogP contribution in [0, 0.1) is 25.2 Å². The fraction of sp³-hybridized carbons (Fsp3) is 0.515. The number of rotatable bonds is 9. The number of hydrogen-bond donors (Lipinski definition) is 1. The van der Waals surface area contributed by atoms with E-state index in [-0.39, 0.29) is 50.2 Å². The molecule has 2 aromatic carbocycles. The average Bonchev–Trinajstić information content (AvgIpc) is 3.49. The van der Waals surface area contributed by atoms with E-state index in [0.717, 1.165) is 39.1 Å². The number of nitrogens with one attached hydrogen (secondary N) is 1. The maximum absolute atomic E-state index is 12.3. The Kier molecular flexibility index (Phi) is 8.09. The van der Waals surface area contributed by atoms with E-state index in [1.165, 1.54) is 6.92 Å². The molecule has 2 aromatic rings. The number of nitriles is 1. The van der Waals surface area contributed by atoms with E-state index >= 15 is 0 Å². The number of carbonyl (C=O) groups is 1. The van der Waals surface area contributed by atoms with Gasteiger partial charge in [-0.2, -0.15) is 5.26 Å². The van der Waals surface area contributed by atoms with Crippen LogP contribution in [0.25, 0.3) is 0 Å². The van der Waals surface area contributed by atoms with Gasteiger partial charge in [0.05, 0.1) is 25.3 Å². The average molecular weight is 605 g/mol. The first-order valence-electron chi connectivity index (χ1n) is 14.9. The molecule has 11 nitrogen and oxygen atoms in total. The van der Waals surface area contributed by atoms with Gasteiger partial charge in [-0.15, -0.1) is 0 Å².